The molecule has 0 heterocycles. The van der Waals surface area contributed by atoms with Gasteiger partial charge >= 0.3 is 0 Å². The molecule has 104 valence electrons. The molecule has 0 fully saturated rings. The van der Waals surface area contributed by atoms with E-state index in [0.717, 1.165) is 11.8 Å². The average Bonchev–Trinajstić information content (AvgIpc) is 2.34. The van der Waals surface area contributed by atoms with E-state index >= 15 is 0 Å². The van der Waals surface area contributed by atoms with Crippen molar-refractivity contribution in [3.05, 3.63) is 0 Å². The van der Waals surface area contributed by atoms with Gasteiger partial charge in [0.1, 0.15) is 0 Å². The third kappa shape index (κ3) is 10.9. The van der Waals surface area contributed by atoms with Gasteiger partial charge in [-0.3, -0.25) is 0 Å². The van der Waals surface area contributed by atoms with Gasteiger partial charge in [0.15, 0.2) is 0 Å². The molecule has 0 aliphatic rings. The van der Waals surface area contributed by atoms with E-state index in [1.54, 1.807) is 0 Å². The zero-order chi connectivity index (χ0) is 12.9. The predicted octanol–water partition coefficient (Wildman–Crippen LogP) is 6.59. The summed E-state index contributed by atoms with van der Waals surface area (Å²) in [5, 5.41) is 0. The van der Waals surface area contributed by atoms with E-state index in [2.05, 4.69) is 27.7 Å². The van der Waals surface area contributed by atoms with Crippen LogP contribution in [-0.4, -0.2) is 0 Å². The first-order valence-corrected chi connectivity index (χ1v) is 8.24. The maximum absolute atomic E-state index is 2.44. The highest BCUT2D eigenvalue weighted by atomic mass is 14.1. The molecular weight excluding hydrogens is 204 g/mol. The normalized spacial score (nSPS) is 14.8. The summed E-state index contributed by atoms with van der Waals surface area (Å²) in [4.78, 5) is 0. The summed E-state index contributed by atoms with van der Waals surface area (Å²) < 4.78 is 0. The Hall–Kier alpha value is 0. The smallest absolute Gasteiger partial charge is 0.0417 e. The molecule has 0 aromatic carbocycles. The van der Waals surface area contributed by atoms with Crippen LogP contribution in [0.15, 0.2) is 0 Å². The lowest BCUT2D eigenvalue weighted by molar-refractivity contribution is 0.370. The van der Waals surface area contributed by atoms with Crippen molar-refractivity contribution in [2.75, 3.05) is 0 Å². The van der Waals surface area contributed by atoms with Gasteiger partial charge in [-0.25, -0.2) is 0 Å². The lowest BCUT2D eigenvalue weighted by Crippen LogP contribution is -2.01. The molecule has 0 aliphatic heterocycles. The minimum Gasteiger partial charge on any atom is -0.0654 e. The van der Waals surface area contributed by atoms with Crippen molar-refractivity contribution in [2.45, 2.75) is 98.3 Å². The fourth-order valence-corrected chi connectivity index (χ4v) is 2.69. The van der Waals surface area contributed by atoms with Crippen molar-refractivity contribution in [3.63, 3.8) is 0 Å². The molecule has 0 aromatic rings. The van der Waals surface area contributed by atoms with Crippen LogP contribution in [0.5, 0.6) is 0 Å². The summed E-state index contributed by atoms with van der Waals surface area (Å²) in [6.07, 6.45) is 15.8. The molecule has 0 rings (SSSR count). The summed E-state index contributed by atoms with van der Waals surface area (Å²) in [6.45, 7) is 9.41. The Kier molecular flexibility index (Phi) is 12.5. The van der Waals surface area contributed by atoms with Gasteiger partial charge in [0.05, 0.1) is 0 Å². The Balaban J connectivity index is 3.47. The van der Waals surface area contributed by atoms with Crippen molar-refractivity contribution in [2.24, 2.45) is 11.8 Å². The molecule has 0 bridgehead atoms. The largest absolute Gasteiger partial charge is 0.0654 e. The van der Waals surface area contributed by atoms with E-state index in [1.165, 1.54) is 70.6 Å². The SMILES string of the molecule is CCCCCC(CC)CCCC(C)CCCC. The highest BCUT2D eigenvalue weighted by molar-refractivity contribution is 4.60. The Labute approximate surface area is 111 Å². The van der Waals surface area contributed by atoms with Crippen LogP contribution in [0.2, 0.25) is 0 Å². The van der Waals surface area contributed by atoms with Gasteiger partial charge in [0.25, 0.3) is 0 Å². The molecule has 0 heteroatoms. The van der Waals surface area contributed by atoms with Gasteiger partial charge in [-0.2, -0.15) is 0 Å². The maximum atomic E-state index is 2.44. The molecule has 17 heavy (non-hydrogen) atoms. The van der Waals surface area contributed by atoms with Crippen LogP contribution >= 0.6 is 0 Å². The molecule has 0 saturated carbocycles. The molecule has 0 nitrogen and oxygen atoms in total. The highest BCUT2D eigenvalue weighted by Gasteiger charge is 2.07. The molecule has 0 saturated heterocycles. The van der Waals surface area contributed by atoms with E-state index in [4.69, 9.17) is 0 Å². The van der Waals surface area contributed by atoms with Crippen LogP contribution in [0.1, 0.15) is 98.3 Å². The van der Waals surface area contributed by atoms with E-state index < -0.39 is 0 Å². The first kappa shape index (κ1) is 17.0. The van der Waals surface area contributed by atoms with Gasteiger partial charge in [-0.15, -0.1) is 0 Å². The Bertz CT molecular complexity index is 139. The van der Waals surface area contributed by atoms with E-state index in [-0.39, 0.29) is 0 Å². The quantitative estimate of drug-likeness (QED) is 0.338. The van der Waals surface area contributed by atoms with Crippen molar-refractivity contribution >= 4 is 0 Å². The summed E-state index contributed by atoms with van der Waals surface area (Å²) in [5.74, 6) is 1.98. The fourth-order valence-electron chi connectivity index (χ4n) is 2.69. The van der Waals surface area contributed by atoms with Crippen molar-refractivity contribution in [3.8, 4) is 0 Å². The maximum Gasteiger partial charge on any atom is -0.0417 e. The summed E-state index contributed by atoms with van der Waals surface area (Å²) in [5.41, 5.74) is 0. The Morgan fingerprint density at radius 1 is 0.647 bits per heavy atom. The van der Waals surface area contributed by atoms with E-state index in [1.807, 2.05) is 0 Å². The second kappa shape index (κ2) is 12.5. The monoisotopic (exact) mass is 240 g/mol. The number of rotatable bonds is 12. The summed E-state index contributed by atoms with van der Waals surface area (Å²) in [6, 6.07) is 0. The Morgan fingerprint density at radius 3 is 1.82 bits per heavy atom. The topological polar surface area (TPSA) is 0 Å². The first-order valence-electron chi connectivity index (χ1n) is 8.24. The molecule has 0 radical (unpaired) electrons. The molecule has 0 spiro atoms. The minimum atomic E-state index is 0.961. The number of unbranched alkanes of at least 4 members (excludes halogenated alkanes) is 3. The minimum absolute atomic E-state index is 0.961. The van der Waals surface area contributed by atoms with Crippen LogP contribution in [0.4, 0.5) is 0 Å². The zero-order valence-corrected chi connectivity index (χ0v) is 12.9. The van der Waals surface area contributed by atoms with Crippen LogP contribution in [-0.2, 0) is 0 Å². The van der Waals surface area contributed by atoms with Gasteiger partial charge in [0, 0.05) is 0 Å². The molecule has 0 N–H and O–H groups in total. The summed E-state index contributed by atoms with van der Waals surface area (Å²) in [7, 11) is 0. The lowest BCUT2D eigenvalue weighted by atomic mass is 9.90. The molecule has 2 atom stereocenters. The summed E-state index contributed by atoms with van der Waals surface area (Å²) >= 11 is 0. The standard InChI is InChI=1S/C17H36/c1-5-8-10-14-17(7-3)15-11-13-16(4)12-9-6-2/h16-17H,5-15H2,1-4H3. The van der Waals surface area contributed by atoms with Crippen LogP contribution in [0, 0.1) is 11.8 Å². The second-order valence-electron chi connectivity index (χ2n) is 5.95. The molecule has 0 aliphatic carbocycles. The molecule has 0 aromatic heterocycles. The lowest BCUT2D eigenvalue weighted by Gasteiger charge is -2.16. The van der Waals surface area contributed by atoms with E-state index in [9.17, 15) is 0 Å². The highest BCUT2D eigenvalue weighted by Crippen LogP contribution is 2.22. The van der Waals surface area contributed by atoms with Gasteiger partial charge < -0.3 is 0 Å². The van der Waals surface area contributed by atoms with E-state index in [0.29, 0.717) is 0 Å². The molecular formula is C17H36. The average molecular weight is 240 g/mol. The molecule has 0 amide bonds. The van der Waals surface area contributed by atoms with Gasteiger partial charge in [-0.1, -0.05) is 98.3 Å². The third-order valence-electron chi connectivity index (χ3n) is 4.15. The molecule has 2 unspecified atom stereocenters. The third-order valence-corrected chi connectivity index (χ3v) is 4.15. The number of hydrogen-bond acceptors (Lipinski definition) is 0. The van der Waals surface area contributed by atoms with Crippen molar-refractivity contribution < 1.29 is 0 Å². The van der Waals surface area contributed by atoms with Crippen LogP contribution in [0.25, 0.3) is 0 Å². The van der Waals surface area contributed by atoms with Gasteiger partial charge in [0.2, 0.25) is 0 Å². The van der Waals surface area contributed by atoms with Crippen molar-refractivity contribution in [1.29, 1.82) is 0 Å². The predicted molar refractivity (Wildman–Crippen MR) is 80.5 cm³/mol. The fraction of sp³-hybridized carbons (Fsp3) is 1.00. The second-order valence-corrected chi connectivity index (χ2v) is 5.95. The number of hydrogen-bond donors (Lipinski definition) is 0. The van der Waals surface area contributed by atoms with Crippen molar-refractivity contribution in [1.82, 2.24) is 0 Å². The zero-order valence-electron chi connectivity index (χ0n) is 12.9. The van der Waals surface area contributed by atoms with Crippen LogP contribution < -0.4 is 0 Å². The van der Waals surface area contributed by atoms with Gasteiger partial charge in [-0.05, 0) is 11.8 Å². The Morgan fingerprint density at radius 2 is 1.24 bits per heavy atom. The van der Waals surface area contributed by atoms with Crippen LogP contribution in [0.3, 0.4) is 0 Å². The first-order chi connectivity index (χ1) is 8.24.